The lowest BCUT2D eigenvalue weighted by molar-refractivity contribution is 0.341. The topological polar surface area (TPSA) is 20.2 Å². The van der Waals surface area contributed by atoms with E-state index in [9.17, 15) is 0 Å². The van der Waals surface area contributed by atoms with Crippen molar-refractivity contribution in [3.05, 3.63) is 24.8 Å². The highest BCUT2D eigenvalue weighted by atomic mass is 16.2. The number of allylic oxidation sites excluding steroid dienone is 2. The Morgan fingerprint density at radius 1 is 1.36 bits per heavy atom. The smallest absolute Gasteiger partial charge is 0.0612 e. The Kier molecular flexibility index (Phi) is 5.86. The van der Waals surface area contributed by atoms with Gasteiger partial charge in [0.1, 0.15) is 0 Å². The second kappa shape index (κ2) is 6.17. The zero-order chi connectivity index (χ0) is 8.69. The Morgan fingerprint density at radius 2 is 2.00 bits per heavy atom. The van der Waals surface area contributed by atoms with Crippen LogP contribution in [-0.2, 0) is 0 Å². The molecular formula is C10H18O. The first-order valence-corrected chi connectivity index (χ1v) is 4.10. The van der Waals surface area contributed by atoms with Crippen LogP contribution in [0.25, 0.3) is 0 Å². The van der Waals surface area contributed by atoms with Crippen LogP contribution in [0.3, 0.4) is 0 Å². The SMILES string of the molecule is C=C[C@@H](C)C[C@@H](C)/C=C/CO. The fourth-order valence-electron chi connectivity index (χ4n) is 1.05. The van der Waals surface area contributed by atoms with Crippen LogP contribution in [0.4, 0.5) is 0 Å². The first kappa shape index (κ1) is 10.4. The highest BCUT2D eigenvalue weighted by Crippen LogP contribution is 2.12. The summed E-state index contributed by atoms with van der Waals surface area (Å²) in [5, 5.41) is 8.50. The molecule has 0 aromatic carbocycles. The van der Waals surface area contributed by atoms with E-state index in [1.807, 2.05) is 12.2 Å². The summed E-state index contributed by atoms with van der Waals surface area (Å²) in [4.78, 5) is 0. The molecule has 11 heavy (non-hydrogen) atoms. The number of aliphatic hydroxyl groups excluding tert-OH is 1. The van der Waals surface area contributed by atoms with Crippen LogP contribution in [0.2, 0.25) is 0 Å². The summed E-state index contributed by atoms with van der Waals surface area (Å²) in [6.07, 6.45) is 6.91. The summed E-state index contributed by atoms with van der Waals surface area (Å²) in [5.41, 5.74) is 0. The molecule has 0 saturated carbocycles. The lowest BCUT2D eigenvalue weighted by Crippen LogP contribution is -1.97. The Bertz CT molecular complexity index is 127. The van der Waals surface area contributed by atoms with Gasteiger partial charge in [0, 0.05) is 0 Å². The molecule has 0 radical (unpaired) electrons. The third kappa shape index (κ3) is 5.86. The van der Waals surface area contributed by atoms with Crippen LogP contribution in [0.1, 0.15) is 20.3 Å². The highest BCUT2D eigenvalue weighted by molar-refractivity contribution is 4.88. The summed E-state index contributed by atoms with van der Waals surface area (Å²) in [6.45, 7) is 8.16. The van der Waals surface area contributed by atoms with Crippen LogP contribution in [0, 0.1) is 11.8 Å². The van der Waals surface area contributed by atoms with Crippen molar-refractivity contribution in [3.63, 3.8) is 0 Å². The third-order valence-electron chi connectivity index (χ3n) is 1.72. The lowest BCUT2D eigenvalue weighted by atomic mass is 9.97. The average Bonchev–Trinajstić information content (AvgIpc) is 2.00. The Morgan fingerprint density at radius 3 is 2.45 bits per heavy atom. The van der Waals surface area contributed by atoms with Crippen LogP contribution in [0.15, 0.2) is 24.8 Å². The quantitative estimate of drug-likeness (QED) is 0.603. The first-order chi connectivity index (χ1) is 5.20. The van der Waals surface area contributed by atoms with Gasteiger partial charge in [-0.15, -0.1) is 6.58 Å². The molecule has 1 heteroatoms. The highest BCUT2D eigenvalue weighted by Gasteiger charge is 2.00. The van der Waals surface area contributed by atoms with Gasteiger partial charge in [-0.3, -0.25) is 0 Å². The van der Waals surface area contributed by atoms with Gasteiger partial charge in [0.05, 0.1) is 6.61 Å². The average molecular weight is 154 g/mol. The zero-order valence-electron chi connectivity index (χ0n) is 7.46. The van der Waals surface area contributed by atoms with Gasteiger partial charge in [-0.05, 0) is 18.3 Å². The van der Waals surface area contributed by atoms with Gasteiger partial charge in [0.25, 0.3) is 0 Å². The van der Waals surface area contributed by atoms with Crippen molar-refractivity contribution in [1.82, 2.24) is 0 Å². The minimum atomic E-state index is 0.146. The molecule has 0 fully saturated rings. The summed E-state index contributed by atoms with van der Waals surface area (Å²) in [5.74, 6) is 1.10. The van der Waals surface area contributed by atoms with Crippen molar-refractivity contribution in [3.8, 4) is 0 Å². The van der Waals surface area contributed by atoms with Crippen LogP contribution in [0.5, 0.6) is 0 Å². The molecule has 0 heterocycles. The van der Waals surface area contributed by atoms with Gasteiger partial charge in [-0.25, -0.2) is 0 Å². The maximum absolute atomic E-state index is 8.50. The molecule has 64 valence electrons. The predicted molar refractivity (Wildman–Crippen MR) is 49.4 cm³/mol. The van der Waals surface area contributed by atoms with Gasteiger partial charge in [0.2, 0.25) is 0 Å². The molecule has 1 nitrogen and oxygen atoms in total. The summed E-state index contributed by atoms with van der Waals surface area (Å²) >= 11 is 0. The van der Waals surface area contributed by atoms with Gasteiger partial charge < -0.3 is 5.11 Å². The largest absolute Gasteiger partial charge is 0.392 e. The van der Waals surface area contributed by atoms with Crippen molar-refractivity contribution in [2.45, 2.75) is 20.3 Å². The van der Waals surface area contributed by atoms with E-state index in [-0.39, 0.29) is 6.61 Å². The minimum absolute atomic E-state index is 0.146. The second-order valence-electron chi connectivity index (χ2n) is 3.04. The molecule has 0 aromatic rings. The molecule has 0 saturated heterocycles. The number of hydrogen-bond acceptors (Lipinski definition) is 1. The number of aliphatic hydroxyl groups is 1. The fraction of sp³-hybridized carbons (Fsp3) is 0.600. The van der Waals surface area contributed by atoms with Crippen molar-refractivity contribution in [1.29, 1.82) is 0 Å². The molecule has 0 amide bonds. The van der Waals surface area contributed by atoms with E-state index < -0.39 is 0 Å². The zero-order valence-corrected chi connectivity index (χ0v) is 7.46. The van der Waals surface area contributed by atoms with Gasteiger partial charge in [-0.2, -0.15) is 0 Å². The van der Waals surface area contributed by atoms with Crippen LogP contribution >= 0.6 is 0 Å². The van der Waals surface area contributed by atoms with E-state index in [0.717, 1.165) is 6.42 Å². The molecule has 0 rings (SSSR count). The molecule has 0 spiro atoms. The molecule has 0 unspecified atom stereocenters. The van der Waals surface area contributed by atoms with E-state index in [2.05, 4.69) is 20.4 Å². The van der Waals surface area contributed by atoms with Crippen molar-refractivity contribution < 1.29 is 5.11 Å². The maximum Gasteiger partial charge on any atom is 0.0612 e. The summed E-state index contributed by atoms with van der Waals surface area (Å²) < 4.78 is 0. The molecule has 0 aliphatic carbocycles. The van der Waals surface area contributed by atoms with E-state index in [1.54, 1.807) is 6.08 Å². The maximum atomic E-state index is 8.50. The molecule has 1 N–H and O–H groups in total. The number of rotatable bonds is 5. The van der Waals surface area contributed by atoms with E-state index >= 15 is 0 Å². The van der Waals surface area contributed by atoms with Crippen molar-refractivity contribution in [2.24, 2.45) is 11.8 Å². The van der Waals surface area contributed by atoms with Crippen LogP contribution < -0.4 is 0 Å². The number of hydrogen-bond donors (Lipinski definition) is 1. The predicted octanol–water partition coefficient (Wildman–Crippen LogP) is 2.38. The van der Waals surface area contributed by atoms with Gasteiger partial charge in [-0.1, -0.05) is 32.1 Å². The molecular weight excluding hydrogens is 136 g/mol. The van der Waals surface area contributed by atoms with E-state index in [1.165, 1.54) is 0 Å². The fourth-order valence-corrected chi connectivity index (χ4v) is 1.05. The van der Waals surface area contributed by atoms with E-state index in [4.69, 9.17) is 5.11 Å². The molecule has 2 atom stereocenters. The Balaban J connectivity index is 3.58. The van der Waals surface area contributed by atoms with Crippen molar-refractivity contribution >= 4 is 0 Å². The third-order valence-corrected chi connectivity index (χ3v) is 1.72. The summed E-state index contributed by atoms with van der Waals surface area (Å²) in [6, 6.07) is 0. The van der Waals surface area contributed by atoms with Crippen molar-refractivity contribution in [2.75, 3.05) is 6.61 Å². The molecule has 0 aliphatic heterocycles. The Hall–Kier alpha value is -0.560. The second-order valence-corrected chi connectivity index (χ2v) is 3.04. The van der Waals surface area contributed by atoms with Gasteiger partial charge in [0.15, 0.2) is 0 Å². The monoisotopic (exact) mass is 154 g/mol. The van der Waals surface area contributed by atoms with E-state index in [0.29, 0.717) is 11.8 Å². The van der Waals surface area contributed by atoms with Gasteiger partial charge >= 0.3 is 0 Å². The standard InChI is InChI=1S/C10H18O/c1-4-9(2)8-10(3)6-5-7-11/h4-6,9-11H,1,7-8H2,2-3H3/b6-5+/t9-,10+/m1/s1. The molecule has 0 aromatic heterocycles. The van der Waals surface area contributed by atoms with Crippen LogP contribution in [-0.4, -0.2) is 11.7 Å². The molecule has 0 aliphatic rings. The first-order valence-electron chi connectivity index (χ1n) is 4.10. The summed E-state index contributed by atoms with van der Waals surface area (Å²) in [7, 11) is 0. The Labute approximate surface area is 69.4 Å². The lowest BCUT2D eigenvalue weighted by Gasteiger charge is -2.09. The normalized spacial score (nSPS) is 16.6. The molecule has 0 bridgehead atoms. The minimum Gasteiger partial charge on any atom is -0.392 e.